The van der Waals surface area contributed by atoms with Gasteiger partial charge in [0.1, 0.15) is 5.82 Å². The smallest absolute Gasteiger partial charge is 0.330 e. The average molecular weight is 436 g/mol. The van der Waals surface area contributed by atoms with E-state index in [0.717, 1.165) is 5.56 Å². The Hall–Kier alpha value is -3.42. The van der Waals surface area contributed by atoms with Gasteiger partial charge in [-0.05, 0) is 11.6 Å². The molecule has 0 amide bonds. The zero-order chi connectivity index (χ0) is 21.7. The number of methoxy groups -OCH3 is 1. The molecule has 2 heterocycles. The molecule has 1 aliphatic carbocycles. The molecular formula is C23H18ClN3O4. The van der Waals surface area contributed by atoms with Crippen molar-refractivity contribution in [3.8, 4) is 0 Å². The lowest BCUT2D eigenvalue weighted by atomic mass is 9.81. The maximum absolute atomic E-state index is 13.4. The lowest BCUT2D eigenvalue weighted by Crippen LogP contribution is -2.39. The Kier molecular flexibility index (Phi) is 4.64. The van der Waals surface area contributed by atoms with Crippen molar-refractivity contribution >= 4 is 28.9 Å². The normalized spacial score (nSPS) is 16.6. The molecule has 0 bridgehead atoms. The quantitative estimate of drug-likeness (QED) is 0.657. The summed E-state index contributed by atoms with van der Waals surface area (Å²) in [5, 5.41) is 3.66. The third kappa shape index (κ3) is 2.89. The second-order valence-electron chi connectivity index (χ2n) is 7.41. The summed E-state index contributed by atoms with van der Waals surface area (Å²) in [5.74, 6) is -0.542. The van der Waals surface area contributed by atoms with Crippen LogP contribution in [-0.2, 0) is 11.3 Å². The highest BCUT2D eigenvalue weighted by atomic mass is 35.5. The van der Waals surface area contributed by atoms with Gasteiger partial charge in [0.25, 0.3) is 5.56 Å². The van der Waals surface area contributed by atoms with Crippen molar-refractivity contribution in [3.63, 3.8) is 0 Å². The van der Waals surface area contributed by atoms with E-state index < -0.39 is 17.2 Å². The van der Waals surface area contributed by atoms with E-state index in [4.69, 9.17) is 16.3 Å². The van der Waals surface area contributed by atoms with Gasteiger partial charge in [-0.25, -0.2) is 4.79 Å². The minimum atomic E-state index is -0.724. The number of hydrogen-bond donors (Lipinski definition) is 2. The molecule has 0 spiro atoms. The minimum Gasteiger partial charge on any atom is -0.383 e. The van der Waals surface area contributed by atoms with E-state index in [-0.39, 0.29) is 24.5 Å². The van der Waals surface area contributed by atoms with Crippen LogP contribution in [0.15, 0.2) is 63.7 Å². The molecule has 8 heteroatoms. The van der Waals surface area contributed by atoms with E-state index in [1.807, 2.05) is 18.2 Å². The summed E-state index contributed by atoms with van der Waals surface area (Å²) in [6.45, 7) is 0.507. The van der Waals surface area contributed by atoms with Gasteiger partial charge in [0.05, 0.1) is 30.3 Å². The molecule has 7 nitrogen and oxygen atoms in total. The van der Waals surface area contributed by atoms with Crippen molar-refractivity contribution in [2.75, 3.05) is 19.0 Å². The molecule has 3 aromatic rings. The number of aromatic nitrogens is 2. The van der Waals surface area contributed by atoms with Crippen molar-refractivity contribution in [3.05, 3.63) is 102 Å². The number of hydrogen-bond acceptors (Lipinski definition) is 5. The first-order chi connectivity index (χ1) is 15.0. The number of allylic oxidation sites excluding steroid dienone is 1. The zero-order valence-corrected chi connectivity index (χ0v) is 17.3. The van der Waals surface area contributed by atoms with Gasteiger partial charge in [0, 0.05) is 28.8 Å². The van der Waals surface area contributed by atoms with Gasteiger partial charge in [-0.1, -0.05) is 54.1 Å². The Morgan fingerprint density at radius 3 is 2.48 bits per heavy atom. The molecule has 31 heavy (non-hydrogen) atoms. The van der Waals surface area contributed by atoms with E-state index in [2.05, 4.69) is 10.3 Å². The Morgan fingerprint density at radius 2 is 1.74 bits per heavy atom. The van der Waals surface area contributed by atoms with Gasteiger partial charge in [-0.2, -0.15) is 0 Å². The number of halogens is 1. The third-order valence-electron chi connectivity index (χ3n) is 5.75. The predicted molar refractivity (Wildman–Crippen MR) is 118 cm³/mol. The van der Waals surface area contributed by atoms with Gasteiger partial charge in [0.2, 0.25) is 0 Å². The Balaban J connectivity index is 1.85. The Labute approximate surface area is 181 Å². The molecule has 2 N–H and O–H groups in total. The van der Waals surface area contributed by atoms with Crippen molar-refractivity contribution < 1.29 is 9.53 Å². The van der Waals surface area contributed by atoms with E-state index in [0.29, 0.717) is 33.2 Å². The molecule has 2 aliphatic rings. The van der Waals surface area contributed by atoms with Crippen molar-refractivity contribution in [1.82, 2.24) is 9.55 Å². The fraction of sp³-hybridized carbons (Fsp3) is 0.174. The van der Waals surface area contributed by atoms with Gasteiger partial charge in [-0.15, -0.1) is 0 Å². The summed E-state index contributed by atoms with van der Waals surface area (Å²) >= 11 is 6.53. The van der Waals surface area contributed by atoms with Crippen LogP contribution in [0.4, 0.5) is 5.82 Å². The second kappa shape index (κ2) is 7.37. The second-order valence-corrected chi connectivity index (χ2v) is 7.82. The Bertz CT molecular complexity index is 1390. The molecule has 5 rings (SSSR count). The molecular weight excluding hydrogens is 418 g/mol. The molecule has 1 atom stereocenters. The first kappa shape index (κ1) is 19.5. The van der Waals surface area contributed by atoms with Gasteiger partial charge < -0.3 is 10.1 Å². The van der Waals surface area contributed by atoms with Crippen LogP contribution < -0.4 is 16.6 Å². The maximum atomic E-state index is 13.4. The summed E-state index contributed by atoms with van der Waals surface area (Å²) in [7, 11) is 1.54. The lowest BCUT2D eigenvalue weighted by molar-refractivity contribution is 0.103. The van der Waals surface area contributed by atoms with Gasteiger partial charge >= 0.3 is 5.69 Å². The molecule has 0 unspecified atom stereocenters. The van der Waals surface area contributed by atoms with E-state index in [9.17, 15) is 14.4 Å². The van der Waals surface area contributed by atoms with Crippen molar-refractivity contribution in [2.45, 2.75) is 12.5 Å². The Morgan fingerprint density at radius 1 is 1.03 bits per heavy atom. The van der Waals surface area contributed by atoms with Crippen LogP contribution in [0.5, 0.6) is 0 Å². The number of H-pyrrole nitrogens is 1. The van der Waals surface area contributed by atoms with Crippen LogP contribution in [0.2, 0.25) is 5.02 Å². The molecule has 0 saturated carbocycles. The third-order valence-corrected chi connectivity index (χ3v) is 6.09. The number of anilines is 1. The number of Topliss-reactive ketones (excluding diaryl/α,β-unsaturated/α-hetero) is 1. The number of carbonyl (C=O) groups is 1. The topological polar surface area (TPSA) is 93.2 Å². The summed E-state index contributed by atoms with van der Waals surface area (Å²) in [5.41, 5.74) is 2.13. The molecule has 0 saturated heterocycles. The number of ether oxygens (including phenoxy) is 1. The zero-order valence-electron chi connectivity index (χ0n) is 16.6. The number of rotatable bonds is 4. The van der Waals surface area contributed by atoms with Crippen LogP contribution in [0.1, 0.15) is 33.0 Å². The van der Waals surface area contributed by atoms with Crippen molar-refractivity contribution in [2.24, 2.45) is 0 Å². The summed E-state index contributed by atoms with van der Waals surface area (Å²) < 4.78 is 6.58. The molecule has 1 aromatic heterocycles. The monoisotopic (exact) mass is 435 g/mol. The summed E-state index contributed by atoms with van der Waals surface area (Å²) in [6.07, 6.45) is 0. The molecule has 0 fully saturated rings. The highest BCUT2D eigenvalue weighted by Crippen LogP contribution is 2.48. The first-order valence-electron chi connectivity index (χ1n) is 9.78. The SMILES string of the molecule is COCCn1c2c(c(=O)[nH]c1=O)[C@H](c1ccccc1Cl)C1=C(N2)c2ccccc2C1=O. The summed E-state index contributed by atoms with van der Waals surface area (Å²) in [4.78, 5) is 41.5. The first-order valence-corrected chi connectivity index (χ1v) is 10.2. The summed E-state index contributed by atoms with van der Waals surface area (Å²) in [6, 6.07) is 14.4. The number of ketones is 1. The van der Waals surface area contributed by atoms with Crippen LogP contribution in [-0.4, -0.2) is 29.1 Å². The molecule has 2 aromatic carbocycles. The van der Waals surface area contributed by atoms with E-state index in [1.165, 1.54) is 11.7 Å². The minimum absolute atomic E-state index is 0.164. The standard InChI is InChI=1S/C23H18ClN3O4/c1-31-11-10-27-21-18(22(29)26-23(27)30)16(14-8-4-5-9-15(14)24)17-19(25-21)12-6-2-3-7-13(12)20(17)28/h2-9,16,25H,10-11H2,1H3,(H,26,29,30)/t16-/m1/s1. The van der Waals surface area contributed by atoms with Gasteiger partial charge in [0.15, 0.2) is 5.78 Å². The van der Waals surface area contributed by atoms with Gasteiger partial charge in [-0.3, -0.25) is 19.1 Å². The van der Waals surface area contributed by atoms with E-state index in [1.54, 1.807) is 30.3 Å². The fourth-order valence-corrected chi connectivity index (χ4v) is 4.63. The molecule has 1 aliphatic heterocycles. The highest BCUT2D eigenvalue weighted by Gasteiger charge is 2.43. The number of fused-ring (bicyclic) bond motifs is 3. The van der Waals surface area contributed by atoms with Crippen LogP contribution in [0.3, 0.4) is 0 Å². The number of nitrogens with zero attached hydrogens (tertiary/aromatic N) is 1. The van der Waals surface area contributed by atoms with Crippen LogP contribution in [0.25, 0.3) is 5.70 Å². The van der Waals surface area contributed by atoms with E-state index >= 15 is 0 Å². The fourth-order valence-electron chi connectivity index (χ4n) is 4.38. The van der Waals surface area contributed by atoms with Crippen molar-refractivity contribution in [1.29, 1.82) is 0 Å². The maximum Gasteiger partial charge on any atom is 0.330 e. The van der Waals surface area contributed by atoms with Crippen LogP contribution in [0, 0.1) is 0 Å². The molecule has 0 radical (unpaired) electrons. The highest BCUT2D eigenvalue weighted by molar-refractivity contribution is 6.32. The van der Waals surface area contributed by atoms with Crippen LogP contribution >= 0.6 is 11.6 Å². The molecule has 156 valence electrons. The number of nitrogens with one attached hydrogen (secondary N) is 2. The number of carbonyl (C=O) groups excluding carboxylic acids is 1. The lowest BCUT2D eigenvalue weighted by Gasteiger charge is -2.30. The number of benzene rings is 2. The largest absolute Gasteiger partial charge is 0.383 e. The number of aromatic amines is 1. The predicted octanol–water partition coefficient (Wildman–Crippen LogP) is 3.00. The average Bonchev–Trinajstić information content (AvgIpc) is 3.05.